The van der Waals surface area contributed by atoms with Crippen molar-refractivity contribution >= 4 is 29.1 Å². The lowest BCUT2D eigenvalue weighted by molar-refractivity contribution is -0.125. The maximum absolute atomic E-state index is 13.1. The molecule has 0 aliphatic carbocycles. The van der Waals surface area contributed by atoms with E-state index in [0.29, 0.717) is 37.8 Å². The first-order valence-electron chi connectivity index (χ1n) is 9.67. The molecule has 4 rings (SSSR count). The molecule has 2 aromatic rings. The van der Waals surface area contributed by atoms with E-state index in [2.05, 4.69) is 20.5 Å². The van der Waals surface area contributed by atoms with Gasteiger partial charge in [0.2, 0.25) is 17.8 Å². The van der Waals surface area contributed by atoms with Gasteiger partial charge < -0.3 is 15.1 Å². The number of halogens is 2. The Kier molecular flexibility index (Phi) is 5.60. The van der Waals surface area contributed by atoms with Gasteiger partial charge >= 0.3 is 0 Å². The van der Waals surface area contributed by atoms with Gasteiger partial charge in [-0.25, -0.2) is 13.8 Å². The molecule has 7 nitrogen and oxygen atoms in total. The van der Waals surface area contributed by atoms with Gasteiger partial charge in [-0.05, 0) is 48.5 Å². The highest BCUT2D eigenvalue weighted by Gasteiger charge is 2.30. The molecule has 0 radical (unpaired) electrons. The molecule has 9 heteroatoms. The van der Waals surface area contributed by atoms with Gasteiger partial charge in [-0.1, -0.05) is 0 Å². The van der Waals surface area contributed by atoms with E-state index in [1.54, 1.807) is 12.1 Å². The van der Waals surface area contributed by atoms with Crippen LogP contribution in [0.4, 0.5) is 20.2 Å². The van der Waals surface area contributed by atoms with Crippen LogP contribution in [0.5, 0.6) is 0 Å². The zero-order chi connectivity index (χ0) is 21.1. The summed E-state index contributed by atoms with van der Waals surface area (Å²) in [7, 11) is 0. The predicted molar refractivity (Wildman–Crippen MR) is 109 cm³/mol. The number of guanidine groups is 1. The van der Waals surface area contributed by atoms with Crippen LogP contribution in [-0.2, 0) is 9.59 Å². The summed E-state index contributed by atoms with van der Waals surface area (Å²) in [5.74, 6) is -0.991. The number of nitrogens with zero attached hydrogens (tertiary/aromatic N) is 3. The third-order valence-electron chi connectivity index (χ3n) is 5.09. The van der Waals surface area contributed by atoms with Crippen molar-refractivity contribution in [3.8, 4) is 0 Å². The molecular weight excluding hydrogens is 392 g/mol. The fourth-order valence-corrected chi connectivity index (χ4v) is 3.48. The summed E-state index contributed by atoms with van der Waals surface area (Å²) in [4.78, 5) is 33.2. The molecule has 0 aromatic heterocycles. The number of carbonyl (C=O) groups is 2. The number of anilines is 2. The molecule has 30 heavy (non-hydrogen) atoms. The van der Waals surface area contributed by atoms with E-state index in [4.69, 9.17) is 0 Å². The second kappa shape index (κ2) is 8.48. The van der Waals surface area contributed by atoms with Crippen LogP contribution >= 0.6 is 0 Å². The molecule has 2 heterocycles. The molecular formula is C21H21F2N5O2. The molecule has 1 fully saturated rings. The van der Waals surface area contributed by atoms with Crippen LogP contribution in [0, 0.1) is 11.6 Å². The number of piperazine rings is 1. The van der Waals surface area contributed by atoms with E-state index in [0.717, 1.165) is 5.69 Å². The van der Waals surface area contributed by atoms with Crippen LogP contribution < -0.4 is 15.5 Å². The van der Waals surface area contributed by atoms with Crippen molar-refractivity contribution < 1.29 is 18.4 Å². The van der Waals surface area contributed by atoms with Gasteiger partial charge in [-0.2, -0.15) is 0 Å². The van der Waals surface area contributed by atoms with Gasteiger partial charge in [0.15, 0.2) is 0 Å². The van der Waals surface area contributed by atoms with Crippen molar-refractivity contribution in [1.29, 1.82) is 0 Å². The number of benzene rings is 2. The predicted octanol–water partition coefficient (Wildman–Crippen LogP) is 1.97. The normalized spacial score (nSPS) is 19.2. The Bertz CT molecular complexity index is 954. The SMILES string of the molecule is O=C1C[C@@H](C(=O)Nc2ccc(F)cc2)N=C(N2CCN(c3ccc(F)cc3)CC2)N1. The van der Waals surface area contributed by atoms with Gasteiger partial charge in [0.25, 0.3) is 0 Å². The van der Waals surface area contributed by atoms with E-state index >= 15 is 0 Å². The standard InChI is InChI=1S/C21H21F2N5O2/c22-14-1-5-16(6-2-14)24-20(30)18-13-19(29)26-21(25-18)28-11-9-27(10-12-28)17-7-3-15(23)4-8-17/h1-8,18H,9-13H2,(H,24,30)(H,25,26,29)/t18-/m0/s1. The second-order valence-corrected chi connectivity index (χ2v) is 7.17. The van der Waals surface area contributed by atoms with E-state index in [-0.39, 0.29) is 18.1 Å². The number of hydrogen-bond donors (Lipinski definition) is 2. The number of aliphatic imine (C=N–C) groups is 1. The van der Waals surface area contributed by atoms with E-state index < -0.39 is 17.8 Å². The maximum atomic E-state index is 13.1. The number of amides is 2. The van der Waals surface area contributed by atoms with Crippen LogP contribution in [0.25, 0.3) is 0 Å². The van der Waals surface area contributed by atoms with E-state index in [1.807, 2.05) is 4.90 Å². The number of carbonyl (C=O) groups excluding carboxylic acids is 2. The van der Waals surface area contributed by atoms with E-state index in [1.165, 1.54) is 36.4 Å². The first-order chi connectivity index (χ1) is 14.5. The van der Waals surface area contributed by atoms with Crippen LogP contribution in [0.1, 0.15) is 6.42 Å². The highest BCUT2D eigenvalue weighted by atomic mass is 19.1. The topological polar surface area (TPSA) is 77.0 Å². The fraction of sp³-hybridized carbons (Fsp3) is 0.286. The molecule has 0 spiro atoms. The Morgan fingerprint density at radius 2 is 1.50 bits per heavy atom. The molecule has 2 aliphatic heterocycles. The molecule has 2 N–H and O–H groups in total. The lowest BCUT2D eigenvalue weighted by atomic mass is 10.1. The van der Waals surface area contributed by atoms with Gasteiger partial charge in [0.1, 0.15) is 17.7 Å². The average molecular weight is 413 g/mol. The van der Waals surface area contributed by atoms with Crippen LogP contribution in [-0.4, -0.2) is 54.9 Å². The molecule has 1 atom stereocenters. The Labute approximate surface area is 172 Å². The molecule has 0 saturated carbocycles. The third kappa shape index (κ3) is 4.56. The average Bonchev–Trinajstić information content (AvgIpc) is 2.75. The van der Waals surface area contributed by atoms with Crippen LogP contribution in [0.15, 0.2) is 53.5 Å². The Balaban J connectivity index is 1.40. The van der Waals surface area contributed by atoms with Crippen molar-refractivity contribution in [3.63, 3.8) is 0 Å². The summed E-state index contributed by atoms with van der Waals surface area (Å²) < 4.78 is 26.1. The molecule has 0 bridgehead atoms. The summed E-state index contributed by atoms with van der Waals surface area (Å²) in [5.41, 5.74) is 1.37. The first-order valence-corrected chi connectivity index (χ1v) is 9.67. The largest absolute Gasteiger partial charge is 0.368 e. The Morgan fingerprint density at radius 1 is 0.933 bits per heavy atom. The number of nitrogens with one attached hydrogen (secondary N) is 2. The summed E-state index contributed by atoms with van der Waals surface area (Å²) in [5, 5.41) is 5.41. The second-order valence-electron chi connectivity index (χ2n) is 7.17. The Hall–Kier alpha value is -3.49. The molecule has 156 valence electrons. The minimum atomic E-state index is -0.853. The summed E-state index contributed by atoms with van der Waals surface area (Å²) in [6.07, 6.45) is -0.0495. The fourth-order valence-electron chi connectivity index (χ4n) is 3.48. The quantitative estimate of drug-likeness (QED) is 0.807. The zero-order valence-corrected chi connectivity index (χ0v) is 16.1. The molecule has 2 amide bonds. The molecule has 0 unspecified atom stereocenters. The third-order valence-corrected chi connectivity index (χ3v) is 5.09. The summed E-state index contributed by atoms with van der Waals surface area (Å²) in [6.45, 7) is 2.55. The monoisotopic (exact) mass is 413 g/mol. The number of rotatable bonds is 3. The van der Waals surface area contributed by atoms with E-state index in [9.17, 15) is 18.4 Å². The maximum Gasteiger partial charge on any atom is 0.249 e. The Morgan fingerprint density at radius 3 is 2.13 bits per heavy atom. The summed E-state index contributed by atoms with van der Waals surface area (Å²) in [6, 6.07) is 10.9. The molecule has 2 aliphatic rings. The molecule has 1 saturated heterocycles. The lowest BCUT2D eigenvalue weighted by Gasteiger charge is -2.38. The van der Waals surface area contributed by atoms with Gasteiger partial charge in [-0.15, -0.1) is 0 Å². The lowest BCUT2D eigenvalue weighted by Crippen LogP contribution is -2.56. The molecule has 2 aromatic carbocycles. The minimum Gasteiger partial charge on any atom is -0.368 e. The summed E-state index contributed by atoms with van der Waals surface area (Å²) >= 11 is 0. The first kappa shape index (κ1) is 19.8. The van der Waals surface area contributed by atoms with Gasteiger partial charge in [0, 0.05) is 37.6 Å². The van der Waals surface area contributed by atoms with Crippen molar-refractivity contribution in [2.75, 3.05) is 36.4 Å². The number of hydrogen-bond acceptors (Lipinski definition) is 5. The zero-order valence-electron chi connectivity index (χ0n) is 16.1. The van der Waals surface area contributed by atoms with Crippen LogP contribution in [0.2, 0.25) is 0 Å². The highest BCUT2D eigenvalue weighted by Crippen LogP contribution is 2.18. The van der Waals surface area contributed by atoms with Crippen molar-refractivity contribution in [3.05, 3.63) is 60.2 Å². The van der Waals surface area contributed by atoms with Gasteiger partial charge in [-0.3, -0.25) is 14.9 Å². The highest BCUT2D eigenvalue weighted by molar-refractivity contribution is 6.06. The minimum absolute atomic E-state index is 0.0495. The van der Waals surface area contributed by atoms with Crippen molar-refractivity contribution in [2.45, 2.75) is 12.5 Å². The van der Waals surface area contributed by atoms with Crippen molar-refractivity contribution in [2.24, 2.45) is 4.99 Å². The smallest absolute Gasteiger partial charge is 0.249 e. The van der Waals surface area contributed by atoms with Crippen molar-refractivity contribution in [1.82, 2.24) is 10.2 Å². The van der Waals surface area contributed by atoms with Crippen LogP contribution in [0.3, 0.4) is 0 Å². The van der Waals surface area contributed by atoms with Gasteiger partial charge in [0.05, 0.1) is 6.42 Å².